The number of aryl methyl sites for hydroxylation is 1. The third kappa shape index (κ3) is 17.0. The summed E-state index contributed by atoms with van der Waals surface area (Å²) < 4.78 is 30.4. The number of benzene rings is 3. The molecule has 1 unspecified atom stereocenters. The summed E-state index contributed by atoms with van der Waals surface area (Å²) in [5.74, 6) is 0.102. The van der Waals surface area contributed by atoms with Crippen LogP contribution in [0.3, 0.4) is 0 Å². The van der Waals surface area contributed by atoms with Crippen LogP contribution in [0.2, 0.25) is 0 Å². The minimum absolute atomic E-state index is 0.246. The molecule has 3 aromatic carbocycles. The van der Waals surface area contributed by atoms with Gasteiger partial charge in [-0.3, -0.25) is 14.4 Å². The van der Waals surface area contributed by atoms with Gasteiger partial charge in [-0.05, 0) is 71.5 Å². The molecule has 0 aliphatic rings. The number of hydrogen-bond acceptors (Lipinski definition) is 12. The van der Waals surface area contributed by atoms with Gasteiger partial charge >= 0.3 is 5.97 Å². The lowest BCUT2D eigenvalue weighted by Crippen LogP contribution is -2.39. The van der Waals surface area contributed by atoms with Gasteiger partial charge in [-0.1, -0.05) is 73.7 Å². The SMILES string of the molecule is Cc1ccnc(NCCCCC(=O)NCC(=O)NC(CC(=O)O)c2ccc(-c3ccc(OCCOCCOCCOCCOCCn4cc(C(C)C)nn4)c4ccccc34)cc2)c1. The molecule has 0 saturated carbocycles. The summed E-state index contributed by atoms with van der Waals surface area (Å²) in [6, 6.07) is 22.4. The van der Waals surface area contributed by atoms with Crippen LogP contribution in [-0.2, 0) is 39.9 Å². The average Bonchev–Trinajstić information content (AvgIpc) is 3.76. The molecule has 2 heterocycles. The number of rotatable bonds is 30. The van der Waals surface area contributed by atoms with Crippen molar-refractivity contribution in [2.75, 3.05) is 77.9 Å². The van der Waals surface area contributed by atoms with Crippen LogP contribution in [0.15, 0.2) is 85.2 Å². The zero-order chi connectivity index (χ0) is 44.7. The van der Waals surface area contributed by atoms with E-state index in [-0.39, 0.29) is 25.3 Å². The number of ether oxygens (including phenoxy) is 5. The fourth-order valence-corrected chi connectivity index (χ4v) is 6.56. The van der Waals surface area contributed by atoms with E-state index in [1.54, 1.807) is 10.9 Å². The largest absolute Gasteiger partial charge is 0.491 e. The molecule has 1 atom stereocenters. The minimum atomic E-state index is -1.06. The summed E-state index contributed by atoms with van der Waals surface area (Å²) >= 11 is 0. The van der Waals surface area contributed by atoms with Crippen molar-refractivity contribution < 1.29 is 43.2 Å². The van der Waals surface area contributed by atoms with E-state index in [0.717, 1.165) is 51.1 Å². The van der Waals surface area contributed by atoms with E-state index in [0.29, 0.717) is 90.5 Å². The number of unbranched alkanes of at least 4 members (excludes halogenated alkanes) is 1. The van der Waals surface area contributed by atoms with Crippen LogP contribution in [0.4, 0.5) is 5.82 Å². The number of hydrogen-bond donors (Lipinski definition) is 4. The van der Waals surface area contributed by atoms with Crippen molar-refractivity contribution in [1.29, 1.82) is 0 Å². The van der Waals surface area contributed by atoms with E-state index in [1.165, 1.54) is 0 Å². The summed E-state index contributed by atoms with van der Waals surface area (Å²) in [6.07, 6.45) is 5.05. The first-order valence-electron chi connectivity index (χ1n) is 21.6. The monoisotopic (exact) mass is 867 g/mol. The van der Waals surface area contributed by atoms with E-state index < -0.39 is 17.9 Å². The van der Waals surface area contributed by atoms with Gasteiger partial charge < -0.3 is 44.7 Å². The highest BCUT2D eigenvalue weighted by atomic mass is 16.6. The number of pyridine rings is 1. The zero-order valence-electron chi connectivity index (χ0n) is 36.6. The first-order valence-corrected chi connectivity index (χ1v) is 21.6. The predicted molar refractivity (Wildman–Crippen MR) is 240 cm³/mol. The molecule has 0 aliphatic carbocycles. The quantitative estimate of drug-likeness (QED) is 0.0387. The van der Waals surface area contributed by atoms with Gasteiger partial charge in [0, 0.05) is 30.7 Å². The maximum absolute atomic E-state index is 12.8. The second kappa shape index (κ2) is 26.5. The Morgan fingerprint density at radius 2 is 1.46 bits per heavy atom. The van der Waals surface area contributed by atoms with Crippen LogP contribution >= 0.6 is 0 Å². The number of carboxylic acids is 1. The lowest BCUT2D eigenvalue weighted by Gasteiger charge is -2.19. The van der Waals surface area contributed by atoms with Crippen molar-refractivity contribution in [3.63, 3.8) is 0 Å². The number of nitrogens with one attached hydrogen (secondary N) is 3. The summed E-state index contributed by atoms with van der Waals surface area (Å²) in [7, 11) is 0. The molecule has 4 N–H and O–H groups in total. The number of carboxylic acid groups (broad SMARTS) is 1. The predicted octanol–water partition coefficient (Wildman–Crippen LogP) is 6.10. The Balaban J connectivity index is 0.973. The molecule has 2 amide bonds. The Morgan fingerprint density at radius 1 is 0.778 bits per heavy atom. The maximum atomic E-state index is 12.8. The standard InChI is InChI=1S/C47H61N7O9/c1-34(2)42-33-54(53-52-42)20-21-59-22-23-60-24-25-61-26-27-62-28-29-63-43-16-15-38(39-8-4-5-9-40(39)43)36-11-13-37(14-12-36)41(31-47(57)58)51-46(56)32-50-45(55)10-6-7-18-48-44-30-35(3)17-19-49-44/h4-5,8-9,11-17,19,30,33-34,41H,6-7,10,18,20-29,31-32H2,1-3H3,(H,48,49)(H,50,55)(H,51,56)(H,57,58). The van der Waals surface area contributed by atoms with Crippen LogP contribution in [0.1, 0.15) is 68.3 Å². The topological polar surface area (TPSA) is 197 Å². The third-order valence-electron chi connectivity index (χ3n) is 9.93. The van der Waals surface area contributed by atoms with Gasteiger partial charge in [0.05, 0.1) is 84.1 Å². The molecule has 0 fully saturated rings. The average molecular weight is 868 g/mol. The van der Waals surface area contributed by atoms with Gasteiger partial charge in [-0.15, -0.1) is 5.10 Å². The Bertz CT molecular complexity index is 2160. The third-order valence-corrected chi connectivity index (χ3v) is 9.93. The number of fused-ring (bicyclic) bond motifs is 1. The molecule has 0 aliphatic heterocycles. The van der Waals surface area contributed by atoms with Crippen molar-refractivity contribution in [3.05, 3.63) is 102 Å². The molecular weight excluding hydrogens is 807 g/mol. The number of amides is 2. The van der Waals surface area contributed by atoms with Gasteiger partial charge in [-0.25, -0.2) is 9.67 Å². The van der Waals surface area contributed by atoms with E-state index >= 15 is 0 Å². The number of anilines is 1. The van der Waals surface area contributed by atoms with Gasteiger partial charge in [-0.2, -0.15) is 0 Å². The maximum Gasteiger partial charge on any atom is 0.305 e. The molecule has 16 nitrogen and oxygen atoms in total. The van der Waals surface area contributed by atoms with Crippen LogP contribution in [0.5, 0.6) is 5.75 Å². The van der Waals surface area contributed by atoms with Crippen molar-refractivity contribution in [1.82, 2.24) is 30.6 Å². The lowest BCUT2D eigenvalue weighted by atomic mass is 9.95. The van der Waals surface area contributed by atoms with Crippen molar-refractivity contribution in [2.45, 2.75) is 65.0 Å². The molecule has 0 saturated heterocycles. The Labute approximate surface area is 369 Å². The minimum Gasteiger partial charge on any atom is -0.491 e. The smallest absolute Gasteiger partial charge is 0.305 e. The molecule has 0 spiro atoms. The fourth-order valence-electron chi connectivity index (χ4n) is 6.56. The Hall–Kier alpha value is -5.94. The fraction of sp³-hybridized carbons (Fsp3) is 0.447. The number of carbonyl (C=O) groups is 3. The van der Waals surface area contributed by atoms with Crippen molar-refractivity contribution in [2.24, 2.45) is 0 Å². The highest BCUT2D eigenvalue weighted by molar-refractivity contribution is 6.00. The molecule has 338 valence electrons. The van der Waals surface area contributed by atoms with E-state index in [9.17, 15) is 19.5 Å². The molecule has 0 bridgehead atoms. The Morgan fingerprint density at radius 3 is 2.13 bits per heavy atom. The van der Waals surface area contributed by atoms with Crippen molar-refractivity contribution >= 4 is 34.4 Å². The first kappa shape index (κ1) is 48.1. The molecule has 5 rings (SSSR count). The van der Waals surface area contributed by atoms with Crippen LogP contribution in [-0.4, -0.2) is 115 Å². The zero-order valence-corrected chi connectivity index (χ0v) is 36.6. The number of carbonyl (C=O) groups excluding carboxylic acids is 2. The number of aliphatic carboxylic acids is 1. The van der Waals surface area contributed by atoms with Crippen LogP contribution < -0.4 is 20.7 Å². The van der Waals surface area contributed by atoms with Crippen molar-refractivity contribution in [3.8, 4) is 16.9 Å². The summed E-state index contributed by atoms with van der Waals surface area (Å²) in [4.78, 5) is 41.2. The second-order valence-corrected chi connectivity index (χ2v) is 15.2. The summed E-state index contributed by atoms with van der Waals surface area (Å²) in [6.45, 7) is 11.4. The highest BCUT2D eigenvalue weighted by Gasteiger charge is 2.19. The lowest BCUT2D eigenvalue weighted by molar-refractivity contribution is -0.138. The normalized spacial score (nSPS) is 11.7. The Kier molecular flexibility index (Phi) is 20.2. The molecule has 0 radical (unpaired) electrons. The van der Waals surface area contributed by atoms with E-state index in [4.69, 9.17) is 23.7 Å². The van der Waals surface area contributed by atoms with E-state index in [1.807, 2.05) is 85.9 Å². The summed E-state index contributed by atoms with van der Waals surface area (Å²) in [5, 5.41) is 28.5. The van der Waals surface area contributed by atoms with Gasteiger partial charge in [0.2, 0.25) is 11.8 Å². The molecule has 16 heteroatoms. The number of aromatic nitrogens is 4. The van der Waals surface area contributed by atoms with Gasteiger partial charge in [0.15, 0.2) is 0 Å². The molecule has 2 aromatic heterocycles. The molecule has 63 heavy (non-hydrogen) atoms. The van der Waals surface area contributed by atoms with E-state index in [2.05, 4.69) is 45.1 Å². The first-order chi connectivity index (χ1) is 30.7. The van der Waals surface area contributed by atoms with Crippen LogP contribution in [0, 0.1) is 6.92 Å². The number of nitrogens with zero attached hydrogens (tertiary/aromatic N) is 4. The summed E-state index contributed by atoms with van der Waals surface area (Å²) in [5.41, 5.74) is 4.61. The highest BCUT2D eigenvalue weighted by Crippen LogP contribution is 2.35. The molecule has 5 aromatic rings. The van der Waals surface area contributed by atoms with Gasteiger partial charge in [0.25, 0.3) is 0 Å². The molecular formula is C47H61N7O9. The van der Waals surface area contributed by atoms with Gasteiger partial charge in [0.1, 0.15) is 18.2 Å². The van der Waals surface area contributed by atoms with Crippen LogP contribution in [0.25, 0.3) is 21.9 Å². The second-order valence-electron chi connectivity index (χ2n) is 15.2.